The fraction of sp³-hybridized carbons (Fsp3) is 0.238. The van der Waals surface area contributed by atoms with Gasteiger partial charge in [0.15, 0.2) is 11.6 Å². The molecule has 10 nitrogen and oxygen atoms in total. The van der Waals surface area contributed by atoms with Gasteiger partial charge >= 0.3 is 0 Å². The second kappa shape index (κ2) is 8.23. The van der Waals surface area contributed by atoms with Crippen molar-refractivity contribution in [2.45, 2.75) is 25.5 Å². The Morgan fingerprint density at radius 3 is 2.87 bits per heavy atom. The molecule has 0 fully saturated rings. The van der Waals surface area contributed by atoms with Crippen LogP contribution in [0.2, 0.25) is 0 Å². The number of hydrogen-bond acceptors (Lipinski definition) is 7. The SMILES string of the molecule is C[C@H]1Oc2cc(C#N)cnc2N(C)C(=O)[C@H]1NC(=O)c1n[nH]c(Cc2ccccc2)n1. The summed E-state index contributed by atoms with van der Waals surface area (Å²) in [6.45, 7) is 1.66. The average molecular weight is 417 g/mol. The Morgan fingerprint density at radius 2 is 2.13 bits per heavy atom. The Balaban J connectivity index is 1.50. The number of rotatable bonds is 4. The summed E-state index contributed by atoms with van der Waals surface area (Å²) >= 11 is 0. The highest BCUT2D eigenvalue weighted by Gasteiger charge is 2.37. The van der Waals surface area contributed by atoms with Gasteiger partial charge in [-0.05, 0) is 12.5 Å². The molecular weight excluding hydrogens is 398 g/mol. The molecule has 0 aliphatic carbocycles. The molecule has 0 saturated heterocycles. The van der Waals surface area contributed by atoms with E-state index in [0.29, 0.717) is 23.6 Å². The number of likely N-dealkylation sites (N-methyl/N-ethyl adjacent to an activating group) is 1. The summed E-state index contributed by atoms with van der Waals surface area (Å²) < 4.78 is 5.83. The first-order chi connectivity index (χ1) is 15.0. The fourth-order valence-corrected chi connectivity index (χ4v) is 3.27. The van der Waals surface area contributed by atoms with Gasteiger partial charge in [-0.2, -0.15) is 5.26 Å². The highest BCUT2D eigenvalue weighted by molar-refractivity contribution is 6.02. The average Bonchev–Trinajstić information content (AvgIpc) is 3.22. The molecular formula is C21H19N7O3. The van der Waals surface area contributed by atoms with Crippen LogP contribution in [0.25, 0.3) is 0 Å². The monoisotopic (exact) mass is 417 g/mol. The molecule has 31 heavy (non-hydrogen) atoms. The van der Waals surface area contributed by atoms with Crippen molar-refractivity contribution in [2.24, 2.45) is 0 Å². The molecule has 1 aliphatic rings. The van der Waals surface area contributed by atoms with Gasteiger partial charge in [-0.3, -0.25) is 19.6 Å². The van der Waals surface area contributed by atoms with Crippen LogP contribution in [0.5, 0.6) is 5.75 Å². The van der Waals surface area contributed by atoms with Gasteiger partial charge in [0.05, 0.1) is 5.56 Å². The maximum Gasteiger partial charge on any atom is 0.291 e. The molecule has 3 aromatic rings. The van der Waals surface area contributed by atoms with E-state index in [1.165, 1.54) is 24.2 Å². The molecule has 0 unspecified atom stereocenters. The number of nitriles is 1. The normalized spacial score (nSPS) is 17.8. The van der Waals surface area contributed by atoms with Crippen molar-refractivity contribution < 1.29 is 14.3 Å². The molecule has 10 heteroatoms. The third kappa shape index (κ3) is 4.06. The van der Waals surface area contributed by atoms with Gasteiger partial charge in [0, 0.05) is 25.7 Å². The molecule has 2 N–H and O–H groups in total. The molecule has 0 spiro atoms. The molecule has 0 radical (unpaired) electrons. The van der Waals surface area contributed by atoms with Gasteiger partial charge in [-0.15, -0.1) is 5.10 Å². The van der Waals surface area contributed by atoms with Crippen LogP contribution in [0.4, 0.5) is 5.82 Å². The fourth-order valence-electron chi connectivity index (χ4n) is 3.27. The summed E-state index contributed by atoms with van der Waals surface area (Å²) in [5.74, 6) is 0.0231. The van der Waals surface area contributed by atoms with Gasteiger partial charge in [0.1, 0.15) is 24.0 Å². The van der Waals surface area contributed by atoms with Crippen molar-refractivity contribution in [1.82, 2.24) is 25.5 Å². The first kappa shape index (κ1) is 20.0. The van der Waals surface area contributed by atoms with Crippen LogP contribution in [0, 0.1) is 11.3 Å². The summed E-state index contributed by atoms with van der Waals surface area (Å²) in [4.78, 5) is 35.4. The van der Waals surface area contributed by atoms with Crippen molar-refractivity contribution in [3.05, 3.63) is 65.4 Å². The Morgan fingerprint density at radius 1 is 1.35 bits per heavy atom. The zero-order valence-corrected chi connectivity index (χ0v) is 16.9. The van der Waals surface area contributed by atoms with E-state index in [4.69, 9.17) is 10.00 Å². The second-order valence-electron chi connectivity index (χ2n) is 7.10. The molecule has 0 bridgehead atoms. The Labute approximate surface area is 177 Å². The number of benzene rings is 1. The molecule has 2 aromatic heterocycles. The van der Waals surface area contributed by atoms with E-state index in [0.717, 1.165) is 5.56 Å². The van der Waals surface area contributed by atoms with Crippen LogP contribution in [-0.4, -0.2) is 51.2 Å². The van der Waals surface area contributed by atoms with Gasteiger partial charge in [0.25, 0.3) is 11.8 Å². The van der Waals surface area contributed by atoms with Crippen molar-refractivity contribution in [3.8, 4) is 11.8 Å². The van der Waals surface area contributed by atoms with Gasteiger partial charge < -0.3 is 10.1 Å². The minimum Gasteiger partial charge on any atom is -0.484 e. The van der Waals surface area contributed by atoms with Crippen LogP contribution in [0.3, 0.4) is 0 Å². The lowest BCUT2D eigenvalue weighted by atomic mass is 10.1. The lowest BCUT2D eigenvalue weighted by Crippen LogP contribution is -2.53. The minimum absolute atomic E-state index is 0.0692. The predicted molar refractivity (Wildman–Crippen MR) is 109 cm³/mol. The number of fused-ring (bicyclic) bond motifs is 1. The van der Waals surface area contributed by atoms with E-state index >= 15 is 0 Å². The number of pyridine rings is 1. The van der Waals surface area contributed by atoms with Crippen molar-refractivity contribution in [2.75, 3.05) is 11.9 Å². The van der Waals surface area contributed by atoms with Gasteiger partial charge in [-0.1, -0.05) is 30.3 Å². The summed E-state index contributed by atoms with van der Waals surface area (Å²) in [5.41, 5.74) is 1.33. The quantitative estimate of drug-likeness (QED) is 0.651. The van der Waals surface area contributed by atoms with E-state index in [1.54, 1.807) is 6.92 Å². The molecule has 2 atom stereocenters. The maximum absolute atomic E-state index is 13.0. The Bertz CT molecular complexity index is 1170. The number of ether oxygens (including phenoxy) is 1. The van der Waals surface area contributed by atoms with Crippen molar-refractivity contribution >= 4 is 17.6 Å². The summed E-state index contributed by atoms with van der Waals surface area (Å²) in [6.07, 6.45) is 1.14. The zero-order chi connectivity index (χ0) is 22.0. The van der Waals surface area contributed by atoms with E-state index in [-0.39, 0.29) is 11.6 Å². The number of nitrogens with zero attached hydrogens (tertiary/aromatic N) is 5. The summed E-state index contributed by atoms with van der Waals surface area (Å²) in [7, 11) is 1.53. The zero-order valence-electron chi connectivity index (χ0n) is 16.9. The topological polar surface area (TPSA) is 137 Å². The lowest BCUT2D eigenvalue weighted by molar-refractivity contribution is -0.121. The summed E-state index contributed by atoms with van der Waals surface area (Å²) in [6, 6.07) is 12.2. The number of hydrogen-bond donors (Lipinski definition) is 2. The molecule has 1 aromatic carbocycles. The van der Waals surface area contributed by atoms with Crippen LogP contribution < -0.4 is 15.0 Å². The molecule has 156 valence electrons. The number of H-pyrrole nitrogens is 1. The number of nitrogens with one attached hydrogen (secondary N) is 2. The standard InChI is InChI=1S/C21H19N7O3/c1-12-17(21(30)28(2)19-15(31-12)8-14(10-22)11-23-19)25-20(29)18-24-16(26-27-18)9-13-6-4-3-5-7-13/h3-8,11-12,17H,9H2,1-2H3,(H,25,29)(H,24,26,27)/t12-,17+/m1/s1. The minimum atomic E-state index is -0.992. The number of aromatic nitrogens is 4. The van der Waals surface area contributed by atoms with E-state index in [1.807, 2.05) is 36.4 Å². The Kier molecular flexibility index (Phi) is 5.32. The number of carbonyl (C=O) groups is 2. The van der Waals surface area contributed by atoms with Crippen LogP contribution in [0.1, 0.15) is 34.5 Å². The van der Waals surface area contributed by atoms with E-state index in [9.17, 15) is 9.59 Å². The largest absolute Gasteiger partial charge is 0.484 e. The van der Waals surface area contributed by atoms with Crippen LogP contribution in [-0.2, 0) is 11.2 Å². The van der Waals surface area contributed by atoms with E-state index in [2.05, 4.69) is 25.5 Å². The Hall–Kier alpha value is -4.26. The van der Waals surface area contributed by atoms with Crippen LogP contribution >= 0.6 is 0 Å². The summed E-state index contributed by atoms with van der Waals surface area (Å²) in [5, 5.41) is 18.5. The number of aromatic amines is 1. The smallest absolute Gasteiger partial charge is 0.291 e. The third-order valence-electron chi connectivity index (χ3n) is 4.89. The van der Waals surface area contributed by atoms with Crippen molar-refractivity contribution in [3.63, 3.8) is 0 Å². The first-order valence-corrected chi connectivity index (χ1v) is 9.56. The van der Waals surface area contributed by atoms with E-state index < -0.39 is 24.0 Å². The van der Waals surface area contributed by atoms with Gasteiger partial charge in [0.2, 0.25) is 5.82 Å². The third-order valence-corrected chi connectivity index (χ3v) is 4.89. The highest BCUT2D eigenvalue weighted by atomic mass is 16.5. The molecule has 2 amide bonds. The first-order valence-electron chi connectivity index (χ1n) is 9.56. The number of carbonyl (C=O) groups excluding carboxylic acids is 2. The highest BCUT2D eigenvalue weighted by Crippen LogP contribution is 2.31. The molecule has 3 heterocycles. The lowest BCUT2D eigenvalue weighted by Gasteiger charge is -2.22. The molecule has 0 saturated carbocycles. The predicted octanol–water partition coefficient (Wildman–Crippen LogP) is 1.20. The van der Waals surface area contributed by atoms with Crippen LogP contribution in [0.15, 0.2) is 42.6 Å². The van der Waals surface area contributed by atoms with Crippen molar-refractivity contribution in [1.29, 1.82) is 5.26 Å². The second-order valence-corrected chi connectivity index (χ2v) is 7.10. The maximum atomic E-state index is 13.0. The number of amides is 2. The molecule has 1 aliphatic heterocycles. The van der Waals surface area contributed by atoms with Gasteiger partial charge in [-0.25, -0.2) is 9.97 Å². The molecule has 4 rings (SSSR count). The number of anilines is 1.